The zero-order valence-corrected chi connectivity index (χ0v) is 11.1. The molecule has 0 fully saturated rings. The number of carbonyl (C=O) groups is 2. The number of ketones is 1. The van der Waals surface area contributed by atoms with Crippen molar-refractivity contribution in [3.05, 3.63) is 58.4 Å². The van der Waals surface area contributed by atoms with E-state index in [-0.39, 0.29) is 29.1 Å². The topological polar surface area (TPSA) is 93.3 Å². The molecule has 2 rings (SSSR count). The number of hydrogen-bond donors (Lipinski definition) is 2. The average Bonchev–Trinajstić information content (AvgIpc) is 2.40. The first kappa shape index (κ1) is 14.0. The third kappa shape index (κ3) is 2.95. The van der Waals surface area contributed by atoms with Crippen LogP contribution in [-0.2, 0) is 11.2 Å². The second-order valence-electron chi connectivity index (χ2n) is 4.12. The predicted molar refractivity (Wildman–Crippen MR) is 74.9 cm³/mol. The minimum atomic E-state index is -1.03. The maximum absolute atomic E-state index is 12.4. The third-order valence-electron chi connectivity index (χ3n) is 2.65. The van der Waals surface area contributed by atoms with E-state index in [4.69, 9.17) is 22.4 Å². The number of rotatable bonds is 4. The summed E-state index contributed by atoms with van der Waals surface area (Å²) in [4.78, 5) is 27.0. The number of nitrogens with zero attached hydrogens (tertiary/aromatic N) is 1. The van der Waals surface area contributed by atoms with Crippen molar-refractivity contribution >= 4 is 29.0 Å². The molecule has 3 N–H and O–H groups in total. The molecule has 102 valence electrons. The van der Waals surface area contributed by atoms with Crippen LogP contribution in [0, 0.1) is 0 Å². The number of halogens is 1. The van der Waals surface area contributed by atoms with Gasteiger partial charge < -0.3 is 10.8 Å². The Bertz CT molecular complexity index is 686. The molecule has 0 aliphatic carbocycles. The zero-order valence-electron chi connectivity index (χ0n) is 10.3. The van der Waals surface area contributed by atoms with E-state index < -0.39 is 11.8 Å². The Labute approximate surface area is 120 Å². The Kier molecular flexibility index (Phi) is 4.00. The monoisotopic (exact) mass is 290 g/mol. The molecular formula is C14H11ClN2O3. The van der Waals surface area contributed by atoms with Crippen molar-refractivity contribution in [2.75, 3.05) is 5.73 Å². The number of aromatic nitrogens is 1. The normalized spacial score (nSPS) is 10.2. The van der Waals surface area contributed by atoms with Crippen molar-refractivity contribution in [3.63, 3.8) is 0 Å². The second kappa shape index (κ2) is 5.71. The molecule has 6 heteroatoms. The summed E-state index contributed by atoms with van der Waals surface area (Å²) in [7, 11) is 0. The van der Waals surface area contributed by atoms with Crippen LogP contribution in [0.3, 0.4) is 0 Å². The van der Waals surface area contributed by atoms with Crippen molar-refractivity contribution < 1.29 is 14.7 Å². The Morgan fingerprint density at radius 3 is 2.55 bits per heavy atom. The zero-order chi connectivity index (χ0) is 14.7. The fourth-order valence-electron chi connectivity index (χ4n) is 1.72. The van der Waals surface area contributed by atoms with Crippen molar-refractivity contribution in [2.45, 2.75) is 6.42 Å². The first-order valence-corrected chi connectivity index (χ1v) is 6.13. The summed E-state index contributed by atoms with van der Waals surface area (Å²) in [6.45, 7) is 0. The molecular weight excluding hydrogens is 280 g/mol. The van der Waals surface area contributed by atoms with Gasteiger partial charge in [0.25, 0.3) is 0 Å². The van der Waals surface area contributed by atoms with Crippen molar-refractivity contribution in [2.24, 2.45) is 0 Å². The van der Waals surface area contributed by atoms with E-state index in [1.54, 1.807) is 24.3 Å². The molecule has 1 heterocycles. The molecule has 0 amide bonds. The molecule has 1 aromatic carbocycles. The lowest BCUT2D eigenvalue weighted by atomic mass is 10.1. The van der Waals surface area contributed by atoms with Crippen LogP contribution in [0.15, 0.2) is 36.4 Å². The lowest BCUT2D eigenvalue weighted by Gasteiger charge is -2.07. The van der Waals surface area contributed by atoms with Crippen LogP contribution < -0.4 is 5.73 Å². The quantitative estimate of drug-likeness (QED) is 0.842. The van der Waals surface area contributed by atoms with Crippen LogP contribution in [0.5, 0.6) is 0 Å². The van der Waals surface area contributed by atoms with E-state index in [2.05, 4.69) is 4.98 Å². The Hall–Kier alpha value is -2.40. The maximum Gasteiger partial charge on any atom is 0.309 e. The van der Waals surface area contributed by atoms with E-state index in [0.717, 1.165) is 0 Å². The number of carboxylic acids is 1. The van der Waals surface area contributed by atoms with Gasteiger partial charge in [0.15, 0.2) is 0 Å². The van der Waals surface area contributed by atoms with Gasteiger partial charge in [-0.15, -0.1) is 0 Å². The van der Waals surface area contributed by atoms with Gasteiger partial charge in [-0.05, 0) is 24.3 Å². The molecule has 0 unspecified atom stereocenters. The summed E-state index contributed by atoms with van der Waals surface area (Å²) >= 11 is 5.96. The number of aliphatic carboxylic acids is 1. The summed E-state index contributed by atoms with van der Waals surface area (Å²) < 4.78 is 0. The van der Waals surface area contributed by atoms with Crippen molar-refractivity contribution in [3.8, 4) is 0 Å². The first-order chi connectivity index (χ1) is 9.49. The smallest absolute Gasteiger partial charge is 0.309 e. The van der Waals surface area contributed by atoms with Gasteiger partial charge in [-0.3, -0.25) is 9.59 Å². The molecule has 2 aromatic rings. The fourth-order valence-corrected chi connectivity index (χ4v) is 1.94. The Morgan fingerprint density at radius 1 is 1.20 bits per heavy atom. The summed E-state index contributed by atoms with van der Waals surface area (Å²) in [6.07, 6.45) is -0.275. The highest BCUT2D eigenvalue weighted by Crippen LogP contribution is 2.21. The number of nitrogen functional groups attached to an aromatic ring is 1. The molecule has 0 aliphatic heterocycles. The number of carbonyl (C=O) groups excluding carboxylic acids is 1. The largest absolute Gasteiger partial charge is 0.481 e. The van der Waals surface area contributed by atoms with E-state index >= 15 is 0 Å². The fraction of sp³-hybridized carbons (Fsp3) is 0.0714. The molecule has 0 bridgehead atoms. The SMILES string of the molecule is Nc1ccc(CC(=O)O)nc1C(=O)c1ccccc1Cl. The van der Waals surface area contributed by atoms with Crippen LogP contribution in [0.4, 0.5) is 5.69 Å². The van der Waals surface area contributed by atoms with Crippen molar-refractivity contribution in [1.82, 2.24) is 4.98 Å². The highest BCUT2D eigenvalue weighted by molar-refractivity contribution is 6.35. The van der Waals surface area contributed by atoms with Gasteiger partial charge in [-0.2, -0.15) is 0 Å². The third-order valence-corrected chi connectivity index (χ3v) is 2.98. The average molecular weight is 291 g/mol. The van der Waals surface area contributed by atoms with Gasteiger partial charge in [-0.25, -0.2) is 4.98 Å². The standard InChI is InChI=1S/C14H11ClN2O3/c15-10-4-2-1-3-9(10)14(20)13-11(16)6-5-8(17-13)7-12(18)19/h1-6H,7,16H2,(H,18,19). The van der Waals surface area contributed by atoms with Gasteiger partial charge in [0.2, 0.25) is 5.78 Å². The van der Waals surface area contributed by atoms with Crippen molar-refractivity contribution in [1.29, 1.82) is 0 Å². The summed E-state index contributed by atoms with van der Waals surface area (Å²) in [5.74, 6) is -1.46. The van der Waals surface area contributed by atoms with Crippen LogP contribution in [0.1, 0.15) is 21.7 Å². The molecule has 20 heavy (non-hydrogen) atoms. The van der Waals surface area contributed by atoms with Gasteiger partial charge in [0, 0.05) is 5.56 Å². The van der Waals surface area contributed by atoms with Gasteiger partial charge in [0.05, 0.1) is 22.8 Å². The van der Waals surface area contributed by atoms with Gasteiger partial charge in [0.1, 0.15) is 5.69 Å². The Balaban J connectivity index is 2.44. The van der Waals surface area contributed by atoms with Gasteiger partial charge in [-0.1, -0.05) is 23.7 Å². The van der Waals surface area contributed by atoms with Crippen LogP contribution >= 0.6 is 11.6 Å². The lowest BCUT2D eigenvalue weighted by molar-refractivity contribution is -0.136. The lowest BCUT2D eigenvalue weighted by Crippen LogP contribution is -2.12. The van der Waals surface area contributed by atoms with Crippen LogP contribution in [0.25, 0.3) is 0 Å². The number of pyridine rings is 1. The minimum Gasteiger partial charge on any atom is -0.481 e. The number of hydrogen-bond acceptors (Lipinski definition) is 4. The summed E-state index contributed by atoms with van der Waals surface area (Å²) in [5, 5.41) is 9.04. The summed E-state index contributed by atoms with van der Waals surface area (Å²) in [5.41, 5.74) is 6.47. The molecule has 0 aliphatic rings. The molecule has 0 radical (unpaired) electrons. The number of benzene rings is 1. The number of carboxylic acid groups (broad SMARTS) is 1. The maximum atomic E-state index is 12.4. The highest BCUT2D eigenvalue weighted by atomic mass is 35.5. The molecule has 1 aromatic heterocycles. The van der Waals surface area contributed by atoms with E-state index in [1.165, 1.54) is 12.1 Å². The minimum absolute atomic E-state index is 0.0110. The molecule has 0 atom stereocenters. The molecule has 0 saturated heterocycles. The summed E-state index contributed by atoms with van der Waals surface area (Å²) in [6, 6.07) is 9.48. The van der Waals surface area contributed by atoms with E-state index in [9.17, 15) is 9.59 Å². The molecule has 0 saturated carbocycles. The van der Waals surface area contributed by atoms with Gasteiger partial charge >= 0.3 is 5.97 Å². The number of nitrogens with two attached hydrogens (primary N) is 1. The Morgan fingerprint density at radius 2 is 1.90 bits per heavy atom. The van der Waals surface area contributed by atoms with E-state index in [0.29, 0.717) is 5.02 Å². The number of anilines is 1. The second-order valence-corrected chi connectivity index (χ2v) is 4.53. The van der Waals surface area contributed by atoms with E-state index in [1.807, 2.05) is 0 Å². The highest BCUT2D eigenvalue weighted by Gasteiger charge is 2.17. The van der Waals surface area contributed by atoms with Crippen LogP contribution in [0.2, 0.25) is 5.02 Å². The molecule has 0 spiro atoms. The van der Waals surface area contributed by atoms with Crippen LogP contribution in [-0.4, -0.2) is 21.8 Å². The molecule has 5 nitrogen and oxygen atoms in total. The predicted octanol–water partition coefficient (Wildman–Crippen LogP) is 2.18. The first-order valence-electron chi connectivity index (χ1n) is 5.75.